The first-order valence-corrected chi connectivity index (χ1v) is 7.97. The topological polar surface area (TPSA) is 67.2 Å². The lowest BCUT2D eigenvalue weighted by Crippen LogP contribution is -2.44. The third-order valence-corrected chi connectivity index (χ3v) is 4.18. The van der Waals surface area contributed by atoms with Crippen molar-refractivity contribution in [2.75, 3.05) is 0 Å². The van der Waals surface area contributed by atoms with Gasteiger partial charge in [-0.25, -0.2) is 4.98 Å². The Balaban J connectivity index is 1.57. The van der Waals surface area contributed by atoms with Gasteiger partial charge in [0.1, 0.15) is 0 Å². The zero-order valence-electron chi connectivity index (χ0n) is 12.9. The summed E-state index contributed by atoms with van der Waals surface area (Å²) < 4.78 is 1.92. The van der Waals surface area contributed by atoms with Crippen LogP contribution in [0.25, 0.3) is 11.8 Å². The lowest BCUT2D eigenvalue weighted by Gasteiger charge is -2.27. The Hall–Kier alpha value is -2.40. The van der Waals surface area contributed by atoms with Crippen molar-refractivity contribution in [1.82, 2.24) is 14.9 Å². The minimum Gasteiger partial charge on any atom is -0.391 e. The molecule has 0 radical (unpaired) electrons. The number of aromatic nitrogens is 2. The van der Waals surface area contributed by atoms with Crippen molar-refractivity contribution in [2.24, 2.45) is 0 Å². The van der Waals surface area contributed by atoms with E-state index in [1.165, 1.54) is 6.08 Å². The minimum absolute atomic E-state index is 0.121. The summed E-state index contributed by atoms with van der Waals surface area (Å²) in [6.45, 7) is 0. The molecule has 5 nitrogen and oxygen atoms in total. The fourth-order valence-corrected chi connectivity index (χ4v) is 2.85. The molecule has 120 valence electrons. The fraction of sp³-hybridized carbons (Fsp3) is 0.333. The molecule has 1 aliphatic carbocycles. The van der Waals surface area contributed by atoms with Crippen LogP contribution < -0.4 is 5.32 Å². The Labute approximate surface area is 135 Å². The highest BCUT2D eigenvalue weighted by Gasteiger charge is 2.23. The van der Waals surface area contributed by atoms with Crippen LogP contribution in [0.3, 0.4) is 0 Å². The number of aliphatic hydroxyl groups is 1. The second kappa shape index (κ2) is 7.24. The number of amides is 1. The number of rotatable bonds is 4. The standard InChI is InChI=1S/C18H21N3O2/c22-17-4-2-1-3-16(17)20-18(23)10-7-14-5-8-15(9-6-14)21-12-11-19-13-21/h5-13,16-17,22H,1-4H2,(H,20,23)/b10-7+. The Morgan fingerprint density at radius 3 is 2.74 bits per heavy atom. The Kier molecular flexibility index (Phi) is 4.88. The van der Waals surface area contributed by atoms with Crippen molar-refractivity contribution in [1.29, 1.82) is 0 Å². The first-order valence-electron chi connectivity index (χ1n) is 7.97. The van der Waals surface area contributed by atoms with E-state index >= 15 is 0 Å². The SMILES string of the molecule is O=C(/C=C/c1ccc(-n2ccnc2)cc1)NC1CCCCC1O. The molecule has 5 heteroatoms. The lowest BCUT2D eigenvalue weighted by molar-refractivity contribution is -0.118. The van der Waals surface area contributed by atoms with Gasteiger partial charge in [-0.1, -0.05) is 25.0 Å². The molecule has 23 heavy (non-hydrogen) atoms. The number of imidazole rings is 1. The van der Waals surface area contributed by atoms with Crippen LogP contribution >= 0.6 is 0 Å². The molecule has 1 aromatic heterocycles. The fourth-order valence-electron chi connectivity index (χ4n) is 2.85. The predicted octanol–water partition coefficient (Wildman–Crippen LogP) is 2.31. The maximum absolute atomic E-state index is 12.0. The summed E-state index contributed by atoms with van der Waals surface area (Å²) >= 11 is 0. The van der Waals surface area contributed by atoms with Crippen LogP contribution in [0.4, 0.5) is 0 Å². The molecule has 2 aromatic rings. The van der Waals surface area contributed by atoms with E-state index < -0.39 is 6.10 Å². The molecule has 0 bridgehead atoms. The molecule has 3 rings (SSSR count). The Bertz CT molecular complexity index is 662. The van der Waals surface area contributed by atoms with E-state index in [4.69, 9.17) is 0 Å². The average Bonchev–Trinajstić information content (AvgIpc) is 3.10. The third kappa shape index (κ3) is 4.07. The zero-order valence-corrected chi connectivity index (χ0v) is 12.9. The van der Waals surface area contributed by atoms with E-state index in [2.05, 4.69) is 10.3 Å². The number of nitrogens with zero attached hydrogens (tertiary/aromatic N) is 2. The molecule has 1 amide bonds. The molecule has 0 saturated heterocycles. The monoisotopic (exact) mass is 311 g/mol. The van der Waals surface area contributed by atoms with Crippen molar-refractivity contribution in [3.05, 3.63) is 54.6 Å². The van der Waals surface area contributed by atoms with Crippen molar-refractivity contribution < 1.29 is 9.90 Å². The zero-order chi connectivity index (χ0) is 16.1. The number of aliphatic hydroxyl groups excluding tert-OH is 1. The summed E-state index contributed by atoms with van der Waals surface area (Å²) in [5.74, 6) is -0.158. The van der Waals surface area contributed by atoms with Gasteiger partial charge in [-0.3, -0.25) is 4.79 Å². The van der Waals surface area contributed by atoms with Gasteiger partial charge in [0.05, 0.1) is 18.5 Å². The van der Waals surface area contributed by atoms with Crippen LogP contribution in [0.1, 0.15) is 31.2 Å². The van der Waals surface area contributed by atoms with E-state index in [0.29, 0.717) is 0 Å². The summed E-state index contributed by atoms with van der Waals surface area (Å²) in [7, 11) is 0. The lowest BCUT2D eigenvalue weighted by atomic mass is 9.92. The van der Waals surface area contributed by atoms with Gasteiger partial charge in [-0.15, -0.1) is 0 Å². The van der Waals surface area contributed by atoms with E-state index in [-0.39, 0.29) is 11.9 Å². The molecule has 1 fully saturated rings. The summed E-state index contributed by atoms with van der Waals surface area (Å²) in [4.78, 5) is 16.0. The summed E-state index contributed by atoms with van der Waals surface area (Å²) in [5.41, 5.74) is 1.97. The van der Waals surface area contributed by atoms with Crippen molar-refractivity contribution in [3.8, 4) is 5.69 Å². The minimum atomic E-state index is -0.421. The van der Waals surface area contributed by atoms with Crippen LogP contribution in [0.15, 0.2) is 49.1 Å². The summed E-state index contributed by atoms with van der Waals surface area (Å²) in [5, 5.41) is 12.8. The second-order valence-corrected chi connectivity index (χ2v) is 5.86. The highest BCUT2D eigenvalue weighted by Crippen LogP contribution is 2.18. The van der Waals surface area contributed by atoms with Gasteiger partial charge in [-0.05, 0) is 36.6 Å². The summed E-state index contributed by atoms with van der Waals surface area (Å²) in [6.07, 6.45) is 11.9. The molecular weight excluding hydrogens is 290 g/mol. The average molecular weight is 311 g/mol. The molecular formula is C18H21N3O2. The highest BCUT2D eigenvalue weighted by atomic mass is 16.3. The van der Waals surface area contributed by atoms with Crippen LogP contribution in [-0.4, -0.2) is 32.7 Å². The molecule has 0 spiro atoms. The van der Waals surface area contributed by atoms with E-state index in [9.17, 15) is 9.90 Å². The quantitative estimate of drug-likeness (QED) is 0.852. The Morgan fingerprint density at radius 2 is 2.04 bits per heavy atom. The van der Waals surface area contributed by atoms with Gasteiger partial charge < -0.3 is 15.0 Å². The second-order valence-electron chi connectivity index (χ2n) is 5.86. The molecule has 1 aromatic carbocycles. The largest absolute Gasteiger partial charge is 0.391 e. The third-order valence-electron chi connectivity index (χ3n) is 4.18. The maximum atomic E-state index is 12.0. The van der Waals surface area contributed by atoms with Gasteiger partial charge >= 0.3 is 0 Å². The summed E-state index contributed by atoms with van der Waals surface area (Å²) in [6, 6.07) is 7.74. The number of nitrogens with one attached hydrogen (secondary N) is 1. The van der Waals surface area contributed by atoms with E-state index in [1.54, 1.807) is 18.6 Å². The number of carbonyl (C=O) groups is 1. The van der Waals surface area contributed by atoms with Crippen LogP contribution in [0.5, 0.6) is 0 Å². The molecule has 2 atom stereocenters. The van der Waals surface area contributed by atoms with E-state index in [0.717, 1.165) is 36.9 Å². The molecule has 2 unspecified atom stereocenters. The molecule has 1 heterocycles. The first-order chi connectivity index (χ1) is 11.2. The molecule has 0 aliphatic heterocycles. The van der Waals surface area contributed by atoms with Crippen LogP contribution in [-0.2, 0) is 4.79 Å². The van der Waals surface area contributed by atoms with Gasteiger partial charge in [0.2, 0.25) is 5.91 Å². The molecule has 1 saturated carbocycles. The maximum Gasteiger partial charge on any atom is 0.244 e. The first kappa shape index (κ1) is 15.5. The number of hydrogen-bond acceptors (Lipinski definition) is 3. The number of benzene rings is 1. The molecule has 2 N–H and O–H groups in total. The van der Waals surface area contributed by atoms with Gasteiger partial charge in [0.25, 0.3) is 0 Å². The smallest absolute Gasteiger partial charge is 0.244 e. The van der Waals surface area contributed by atoms with E-state index in [1.807, 2.05) is 35.0 Å². The van der Waals surface area contributed by atoms with Crippen molar-refractivity contribution >= 4 is 12.0 Å². The van der Waals surface area contributed by atoms with Crippen molar-refractivity contribution in [2.45, 2.75) is 37.8 Å². The van der Waals surface area contributed by atoms with Gasteiger partial charge in [0.15, 0.2) is 0 Å². The number of carbonyl (C=O) groups excluding carboxylic acids is 1. The normalized spacial score (nSPS) is 21.4. The number of hydrogen-bond donors (Lipinski definition) is 2. The van der Waals surface area contributed by atoms with Gasteiger partial charge in [0, 0.05) is 24.2 Å². The predicted molar refractivity (Wildman–Crippen MR) is 89.0 cm³/mol. The highest BCUT2D eigenvalue weighted by molar-refractivity contribution is 5.92. The molecule has 1 aliphatic rings. The van der Waals surface area contributed by atoms with Crippen molar-refractivity contribution in [3.63, 3.8) is 0 Å². The van der Waals surface area contributed by atoms with Crippen LogP contribution in [0, 0.1) is 0 Å². The van der Waals surface area contributed by atoms with Crippen LogP contribution in [0.2, 0.25) is 0 Å². The Morgan fingerprint density at radius 1 is 1.26 bits per heavy atom. The van der Waals surface area contributed by atoms with Gasteiger partial charge in [-0.2, -0.15) is 0 Å².